The zero-order valence-corrected chi connectivity index (χ0v) is 16.8. The van der Waals surface area contributed by atoms with E-state index in [0.29, 0.717) is 5.56 Å². The number of carbonyl (C=O) groups excluding carboxylic acids is 3. The molecule has 0 aliphatic heterocycles. The highest BCUT2D eigenvalue weighted by Crippen LogP contribution is 2.21. The quantitative estimate of drug-likeness (QED) is 0.739. The average molecular weight is 388 g/mol. The molecule has 0 unspecified atom stereocenters. The van der Waals surface area contributed by atoms with Gasteiger partial charge in [-0.05, 0) is 38.0 Å². The van der Waals surface area contributed by atoms with Crippen molar-refractivity contribution in [1.82, 2.24) is 4.90 Å². The summed E-state index contributed by atoms with van der Waals surface area (Å²) in [5.74, 6) is -1.27. The highest BCUT2D eigenvalue weighted by molar-refractivity contribution is 7.12. The Bertz CT molecular complexity index is 844. The Morgan fingerprint density at radius 3 is 2.52 bits per heavy atom. The molecular weight excluding hydrogens is 364 g/mol. The first-order valence-electron chi connectivity index (χ1n) is 8.67. The first kappa shape index (κ1) is 20.6. The first-order valence-corrected chi connectivity index (χ1v) is 9.49. The Hall–Kier alpha value is -2.67. The lowest BCUT2D eigenvalue weighted by Crippen LogP contribution is -2.37. The summed E-state index contributed by atoms with van der Waals surface area (Å²) in [6, 6.07) is 9.27. The lowest BCUT2D eigenvalue weighted by molar-refractivity contribution is -0.136. The van der Waals surface area contributed by atoms with Crippen molar-refractivity contribution in [3.63, 3.8) is 0 Å². The van der Waals surface area contributed by atoms with Gasteiger partial charge in [0.05, 0.1) is 12.1 Å². The molecule has 2 amide bonds. The van der Waals surface area contributed by atoms with Gasteiger partial charge in [0.2, 0.25) is 5.91 Å². The van der Waals surface area contributed by atoms with Crippen molar-refractivity contribution in [3.8, 4) is 0 Å². The molecule has 0 fully saturated rings. The minimum atomic E-state index is -0.528. The van der Waals surface area contributed by atoms with Gasteiger partial charge in [0.25, 0.3) is 5.91 Å². The molecule has 1 aromatic heterocycles. The first-order chi connectivity index (χ1) is 12.8. The second-order valence-corrected chi connectivity index (χ2v) is 7.67. The molecule has 0 atom stereocenters. The van der Waals surface area contributed by atoms with Crippen LogP contribution in [0.15, 0.2) is 30.3 Å². The number of ether oxygens (including phenoxy) is 1. The maximum Gasteiger partial charge on any atom is 0.339 e. The summed E-state index contributed by atoms with van der Waals surface area (Å²) in [5.41, 5.74) is 2.23. The van der Waals surface area contributed by atoms with E-state index in [2.05, 4.69) is 5.32 Å². The molecule has 7 heteroatoms. The molecule has 1 N–H and O–H groups in total. The van der Waals surface area contributed by atoms with Crippen LogP contribution in [0.5, 0.6) is 0 Å². The van der Waals surface area contributed by atoms with Gasteiger partial charge in [-0.25, -0.2) is 4.79 Å². The Kier molecular flexibility index (Phi) is 7.12. The van der Waals surface area contributed by atoms with Crippen molar-refractivity contribution < 1.29 is 19.1 Å². The number of esters is 1. The normalized spacial score (nSPS) is 10.4. The summed E-state index contributed by atoms with van der Waals surface area (Å²) in [4.78, 5) is 39.5. The minimum absolute atomic E-state index is 0.120. The molecular formula is C20H24N2O4S. The van der Waals surface area contributed by atoms with Gasteiger partial charge in [-0.3, -0.25) is 9.59 Å². The summed E-state index contributed by atoms with van der Waals surface area (Å²) in [6.45, 7) is 5.22. The molecule has 1 heterocycles. The maximum absolute atomic E-state index is 12.2. The van der Waals surface area contributed by atoms with E-state index in [-0.39, 0.29) is 12.5 Å². The van der Waals surface area contributed by atoms with Crippen molar-refractivity contribution in [2.75, 3.05) is 25.5 Å². The summed E-state index contributed by atoms with van der Waals surface area (Å²) >= 11 is 1.50. The molecule has 1 aromatic carbocycles. The number of hydrogen-bond donors (Lipinski definition) is 1. The Morgan fingerprint density at radius 2 is 1.89 bits per heavy atom. The zero-order chi connectivity index (χ0) is 20.0. The van der Waals surface area contributed by atoms with Crippen LogP contribution < -0.4 is 5.32 Å². The number of carbonyl (C=O) groups is 3. The third-order valence-corrected chi connectivity index (χ3v) is 5.03. The van der Waals surface area contributed by atoms with Gasteiger partial charge < -0.3 is 15.0 Å². The van der Waals surface area contributed by atoms with E-state index in [1.807, 2.05) is 45.0 Å². The zero-order valence-electron chi connectivity index (χ0n) is 16.0. The highest BCUT2D eigenvalue weighted by Gasteiger charge is 2.18. The molecule has 0 aliphatic rings. The molecule has 27 heavy (non-hydrogen) atoms. The summed E-state index contributed by atoms with van der Waals surface area (Å²) in [5, 5.41) is 2.81. The van der Waals surface area contributed by atoms with E-state index in [9.17, 15) is 14.4 Å². The molecule has 0 spiro atoms. The molecule has 0 radical (unpaired) electrons. The third kappa shape index (κ3) is 5.65. The number of likely N-dealkylation sites (N-methyl/N-ethyl adjacent to an activating group) is 1. The van der Waals surface area contributed by atoms with Gasteiger partial charge in [0, 0.05) is 22.5 Å². The molecule has 0 saturated heterocycles. The fraction of sp³-hybridized carbons (Fsp3) is 0.350. The number of rotatable bonds is 7. The molecule has 2 aromatic rings. The smallest absolute Gasteiger partial charge is 0.339 e. The van der Waals surface area contributed by atoms with Crippen molar-refractivity contribution in [1.29, 1.82) is 0 Å². The number of aryl methyl sites for hydroxylation is 3. The van der Waals surface area contributed by atoms with Crippen LogP contribution in [0.3, 0.4) is 0 Å². The van der Waals surface area contributed by atoms with Gasteiger partial charge in [0.15, 0.2) is 6.61 Å². The van der Waals surface area contributed by atoms with E-state index >= 15 is 0 Å². The van der Waals surface area contributed by atoms with Crippen molar-refractivity contribution >= 4 is 34.8 Å². The number of thiophene rings is 1. The standard InChI is InChI=1S/C20H24N2O4S/c1-5-15-8-6-7-9-17(15)21-18(23)11-22(4)19(24)12-26-20(25)16-10-13(2)27-14(16)3/h6-10H,5,11-12H2,1-4H3,(H,21,23). The van der Waals surface area contributed by atoms with Crippen LogP contribution in [0.4, 0.5) is 5.69 Å². The Balaban J connectivity index is 1.85. The summed E-state index contributed by atoms with van der Waals surface area (Å²) in [6.07, 6.45) is 0.794. The Labute approximate surface area is 163 Å². The van der Waals surface area contributed by atoms with Crippen LogP contribution in [-0.2, 0) is 20.7 Å². The van der Waals surface area contributed by atoms with Crippen molar-refractivity contribution in [2.45, 2.75) is 27.2 Å². The lowest BCUT2D eigenvalue weighted by Gasteiger charge is -2.17. The predicted octanol–water partition coefficient (Wildman–Crippen LogP) is 3.18. The Morgan fingerprint density at radius 1 is 1.19 bits per heavy atom. The maximum atomic E-state index is 12.2. The van der Waals surface area contributed by atoms with Gasteiger partial charge in [0.1, 0.15) is 0 Å². The number of nitrogens with one attached hydrogen (secondary N) is 1. The van der Waals surface area contributed by atoms with Crippen LogP contribution in [0, 0.1) is 13.8 Å². The van der Waals surface area contributed by atoms with Gasteiger partial charge in [-0.1, -0.05) is 25.1 Å². The molecule has 2 rings (SSSR count). The lowest BCUT2D eigenvalue weighted by atomic mass is 10.1. The predicted molar refractivity (Wildman–Crippen MR) is 106 cm³/mol. The van der Waals surface area contributed by atoms with Crippen LogP contribution >= 0.6 is 11.3 Å². The summed E-state index contributed by atoms with van der Waals surface area (Å²) in [7, 11) is 1.50. The van der Waals surface area contributed by atoms with E-state index in [1.54, 1.807) is 6.07 Å². The van der Waals surface area contributed by atoms with E-state index in [1.165, 1.54) is 23.3 Å². The fourth-order valence-corrected chi connectivity index (χ4v) is 3.50. The second-order valence-electron chi connectivity index (χ2n) is 6.21. The van der Waals surface area contributed by atoms with Crippen LogP contribution in [0.1, 0.15) is 32.6 Å². The van der Waals surface area contributed by atoms with Crippen molar-refractivity contribution in [2.24, 2.45) is 0 Å². The fourth-order valence-electron chi connectivity index (χ4n) is 2.59. The number of benzene rings is 1. The second kappa shape index (κ2) is 9.32. The third-order valence-electron chi connectivity index (χ3n) is 4.07. The highest BCUT2D eigenvalue weighted by atomic mass is 32.1. The van der Waals surface area contributed by atoms with Crippen LogP contribution in [-0.4, -0.2) is 42.9 Å². The largest absolute Gasteiger partial charge is 0.452 e. The molecule has 0 aliphatic carbocycles. The van der Waals surface area contributed by atoms with Gasteiger partial charge in [-0.2, -0.15) is 0 Å². The molecule has 144 valence electrons. The molecule has 6 nitrogen and oxygen atoms in total. The minimum Gasteiger partial charge on any atom is -0.452 e. The van der Waals surface area contributed by atoms with Gasteiger partial charge >= 0.3 is 5.97 Å². The van der Waals surface area contributed by atoms with E-state index < -0.39 is 18.5 Å². The average Bonchev–Trinajstić information content (AvgIpc) is 2.97. The van der Waals surface area contributed by atoms with Crippen molar-refractivity contribution in [3.05, 3.63) is 51.2 Å². The monoisotopic (exact) mass is 388 g/mol. The van der Waals surface area contributed by atoms with Gasteiger partial charge in [-0.15, -0.1) is 11.3 Å². The van der Waals surface area contributed by atoms with Crippen LogP contribution in [0.25, 0.3) is 0 Å². The topological polar surface area (TPSA) is 75.7 Å². The SMILES string of the molecule is CCc1ccccc1NC(=O)CN(C)C(=O)COC(=O)c1cc(C)sc1C. The summed E-state index contributed by atoms with van der Waals surface area (Å²) < 4.78 is 5.09. The number of hydrogen-bond acceptors (Lipinski definition) is 5. The van der Waals surface area contributed by atoms with Crippen LogP contribution in [0.2, 0.25) is 0 Å². The number of amides is 2. The molecule has 0 saturated carbocycles. The number of anilines is 1. The van der Waals surface area contributed by atoms with E-state index in [0.717, 1.165) is 27.4 Å². The molecule has 0 bridgehead atoms. The van der Waals surface area contributed by atoms with E-state index in [4.69, 9.17) is 4.74 Å². The number of para-hydroxylation sites is 1. The number of nitrogens with zero attached hydrogens (tertiary/aromatic N) is 1.